The average Bonchev–Trinajstić information content (AvgIpc) is 2.46. The number of nitrogens with two attached hydrogens (primary N) is 1. The van der Waals surface area contributed by atoms with Gasteiger partial charge in [0.1, 0.15) is 5.75 Å². The Bertz CT molecular complexity index is 463. The molecule has 0 saturated heterocycles. The van der Waals surface area contributed by atoms with Crippen molar-refractivity contribution in [2.24, 2.45) is 5.73 Å². The molecular weight excluding hydrogens is 311 g/mol. The van der Waals surface area contributed by atoms with Gasteiger partial charge in [-0.25, -0.2) is 0 Å². The van der Waals surface area contributed by atoms with E-state index in [9.17, 15) is 4.79 Å². The minimum atomic E-state index is -0.346. The van der Waals surface area contributed by atoms with Crippen molar-refractivity contribution in [1.82, 2.24) is 5.32 Å². The summed E-state index contributed by atoms with van der Waals surface area (Å²) in [6.45, 7) is 6.30. The molecule has 6 heteroatoms. The molecular formula is C15H24Cl2N2O2. The van der Waals surface area contributed by atoms with Crippen molar-refractivity contribution in [3.63, 3.8) is 0 Å². The van der Waals surface area contributed by atoms with Gasteiger partial charge in [0, 0.05) is 22.7 Å². The quantitative estimate of drug-likeness (QED) is 0.805. The van der Waals surface area contributed by atoms with Gasteiger partial charge in [0.25, 0.3) is 5.91 Å². The summed E-state index contributed by atoms with van der Waals surface area (Å²) in [4.78, 5) is 11.8. The Morgan fingerprint density at radius 3 is 2.57 bits per heavy atom. The molecule has 0 radical (unpaired) electrons. The maximum atomic E-state index is 11.8. The van der Waals surface area contributed by atoms with Crippen LogP contribution in [0.25, 0.3) is 0 Å². The third-order valence-corrected chi connectivity index (χ3v) is 4.03. The number of carbonyl (C=O) groups excluding carboxylic acids is 1. The first kappa shape index (κ1) is 20.0. The first-order valence-corrected chi connectivity index (χ1v) is 7.23. The van der Waals surface area contributed by atoms with Crippen molar-refractivity contribution >= 4 is 29.9 Å². The van der Waals surface area contributed by atoms with Crippen molar-refractivity contribution in [2.45, 2.75) is 39.2 Å². The lowest BCUT2D eigenvalue weighted by molar-refractivity contribution is -0.123. The molecule has 21 heavy (non-hydrogen) atoms. The molecule has 0 aromatic heterocycles. The number of hydrogen-bond acceptors (Lipinski definition) is 3. The van der Waals surface area contributed by atoms with Crippen molar-refractivity contribution in [3.8, 4) is 5.75 Å². The molecule has 0 unspecified atom stereocenters. The van der Waals surface area contributed by atoms with E-state index in [-0.39, 0.29) is 30.5 Å². The monoisotopic (exact) mass is 334 g/mol. The fourth-order valence-corrected chi connectivity index (χ4v) is 1.88. The summed E-state index contributed by atoms with van der Waals surface area (Å²) in [6, 6.07) is 5.37. The van der Waals surface area contributed by atoms with E-state index in [2.05, 4.69) is 5.32 Å². The number of carbonyl (C=O) groups is 1. The molecule has 0 aliphatic rings. The number of benzene rings is 1. The fourth-order valence-electron chi connectivity index (χ4n) is 1.71. The van der Waals surface area contributed by atoms with Crippen molar-refractivity contribution in [2.75, 3.05) is 13.2 Å². The molecule has 120 valence electrons. The Balaban J connectivity index is 0.00000400. The van der Waals surface area contributed by atoms with Gasteiger partial charge in [-0.2, -0.15) is 0 Å². The molecule has 0 saturated carbocycles. The highest BCUT2D eigenvalue weighted by atomic mass is 35.5. The zero-order valence-electron chi connectivity index (χ0n) is 12.7. The molecule has 4 nitrogen and oxygen atoms in total. The van der Waals surface area contributed by atoms with Crippen LogP contribution in [0.1, 0.15) is 32.3 Å². The lowest BCUT2D eigenvalue weighted by Crippen LogP contribution is -2.50. The largest absolute Gasteiger partial charge is 0.483 e. The number of halogens is 2. The number of nitrogens with one attached hydrogen (secondary N) is 1. The van der Waals surface area contributed by atoms with Gasteiger partial charge in [-0.1, -0.05) is 31.5 Å². The van der Waals surface area contributed by atoms with Crippen LogP contribution >= 0.6 is 24.0 Å². The van der Waals surface area contributed by atoms with Gasteiger partial charge in [-0.05, 0) is 31.9 Å². The summed E-state index contributed by atoms with van der Waals surface area (Å²) in [5, 5.41) is 3.43. The lowest BCUT2D eigenvalue weighted by Gasteiger charge is -2.26. The lowest BCUT2D eigenvalue weighted by atomic mass is 9.94. The minimum absolute atomic E-state index is 0. The molecule has 0 heterocycles. The molecule has 0 bridgehead atoms. The molecule has 0 fully saturated rings. The zero-order chi connectivity index (χ0) is 15.2. The van der Waals surface area contributed by atoms with Gasteiger partial charge in [0.15, 0.2) is 6.61 Å². The third kappa shape index (κ3) is 6.12. The van der Waals surface area contributed by atoms with Crippen LogP contribution in [0.4, 0.5) is 0 Å². The highest BCUT2D eigenvalue weighted by molar-refractivity contribution is 6.31. The fraction of sp³-hybridized carbons (Fsp3) is 0.533. The highest BCUT2D eigenvalue weighted by Crippen LogP contribution is 2.24. The Morgan fingerprint density at radius 1 is 1.38 bits per heavy atom. The molecule has 3 N–H and O–H groups in total. The molecule has 0 spiro atoms. The molecule has 0 aliphatic carbocycles. The van der Waals surface area contributed by atoms with Crippen LogP contribution in [0, 0.1) is 6.92 Å². The summed E-state index contributed by atoms with van der Waals surface area (Å²) < 4.78 is 5.47. The Hall–Kier alpha value is -0.970. The van der Waals surface area contributed by atoms with Gasteiger partial charge < -0.3 is 15.8 Å². The van der Waals surface area contributed by atoms with Crippen molar-refractivity contribution in [3.05, 3.63) is 28.8 Å². The van der Waals surface area contributed by atoms with Crippen molar-refractivity contribution in [1.29, 1.82) is 0 Å². The van der Waals surface area contributed by atoms with E-state index in [1.54, 1.807) is 18.2 Å². The van der Waals surface area contributed by atoms with E-state index in [0.29, 0.717) is 17.3 Å². The van der Waals surface area contributed by atoms with Crippen LogP contribution in [-0.4, -0.2) is 24.6 Å². The van der Waals surface area contributed by atoms with E-state index in [4.69, 9.17) is 22.1 Å². The second kappa shape index (κ2) is 9.13. The second-order valence-corrected chi connectivity index (χ2v) is 5.41. The summed E-state index contributed by atoms with van der Waals surface area (Å²) in [7, 11) is 0. The standard InChI is InChI=1S/C15H23ClN2O2.ClH/c1-4-15(17,5-2)10-18-14(19)9-20-13-8-6-7-12(16)11(13)3;/h6-8H,4-5,9-10,17H2,1-3H3,(H,18,19);1H. The topological polar surface area (TPSA) is 64.3 Å². The van der Waals surface area contributed by atoms with E-state index in [0.717, 1.165) is 18.4 Å². The predicted octanol–water partition coefficient (Wildman–Crippen LogP) is 3.08. The Kier molecular flexibility index (Phi) is 8.71. The van der Waals surface area contributed by atoms with E-state index >= 15 is 0 Å². The summed E-state index contributed by atoms with van der Waals surface area (Å²) in [5.41, 5.74) is 6.61. The molecule has 0 atom stereocenters. The van der Waals surface area contributed by atoms with Gasteiger partial charge >= 0.3 is 0 Å². The van der Waals surface area contributed by atoms with Gasteiger partial charge in [-0.3, -0.25) is 4.79 Å². The first-order chi connectivity index (χ1) is 9.41. The van der Waals surface area contributed by atoms with Crippen LogP contribution in [0.15, 0.2) is 18.2 Å². The summed E-state index contributed by atoms with van der Waals surface area (Å²) in [5.74, 6) is 0.443. The Morgan fingerprint density at radius 2 is 2.00 bits per heavy atom. The molecule has 1 aromatic rings. The second-order valence-electron chi connectivity index (χ2n) is 5.00. The highest BCUT2D eigenvalue weighted by Gasteiger charge is 2.20. The minimum Gasteiger partial charge on any atom is -0.483 e. The average molecular weight is 335 g/mol. The normalized spacial score (nSPS) is 10.7. The number of hydrogen-bond donors (Lipinski definition) is 2. The SMILES string of the molecule is CCC(N)(CC)CNC(=O)COc1cccc(Cl)c1C.Cl. The van der Waals surface area contributed by atoms with Crippen LogP contribution in [-0.2, 0) is 4.79 Å². The van der Waals surface area contributed by atoms with Crippen LogP contribution in [0.3, 0.4) is 0 Å². The van der Waals surface area contributed by atoms with Crippen LogP contribution in [0.5, 0.6) is 5.75 Å². The van der Waals surface area contributed by atoms with E-state index in [1.165, 1.54) is 0 Å². The van der Waals surface area contributed by atoms with Gasteiger partial charge in [0.2, 0.25) is 0 Å². The zero-order valence-corrected chi connectivity index (χ0v) is 14.3. The van der Waals surface area contributed by atoms with Gasteiger partial charge in [0.05, 0.1) is 0 Å². The molecule has 1 rings (SSSR count). The molecule has 1 amide bonds. The van der Waals surface area contributed by atoms with Crippen LogP contribution < -0.4 is 15.8 Å². The number of amides is 1. The van der Waals surface area contributed by atoms with Gasteiger partial charge in [-0.15, -0.1) is 12.4 Å². The number of ether oxygens (including phenoxy) is 1. The van der Waals surface area contributed by atoms with E-state index in [1.807, 2.05) is 20.8 Å². The summed E-state index contributed by atoms with van der Waals surface area (Å²) >= 11 is 5.99. The first-order valence-electron chi connectivity index (χ1n) is 6.85. The molecule has 0 aliphatic heterocycles. The Labute approximate surface area is 137 Å². The molecule has 1 aromatic carbocycles. The maximum Gasteiger partial charge on any atom is 0.258 e. The maximum absolute atomic E-state index is 11.8. The smallest absolute Gasteiger partial charge is 0.258 e. The summed E-state index contributed by atoms with van der Waals surface area (Å²) in [6.07, 6.45) is 1.63. The number of rotatable bonds is 7. The van der Waals surface area contributed by atoms with E-state index < -0.39 is 0 Å². The van der Waals surface area contributed by atoms with Crippen LogP contribution in [0.2, 0.25) is 5.02 Å². The van der Waals surface area contributed by atoms with Crippen molar-refractivity contribution < 1.29 is 9.53 Å². The third-order valence-electron chi connectivity index (χ3n) is 3.62. The predicted molar refractivity (Wildman–Crippen MR) is 89.4 cm³/mol.